The van der Waals surface area contributed by atoms with Crippen LogP contribution in [0.3, 0.4) is 0 Å². The fourth-order valence-electron chi connectivity index (χ4n) is 3.34. The zero-order valence-electron chi connectivity index (χ0n) is 13.1. The third-order valence-corrected chi connectivity index (χ3v) is 4.87. The van der Waals surface area contributed by atoms with E-state index >= 15 is 0 Å². The van der Waals surface area contributed by atoms with Crippen molar-refractivity contribution >= 4 is 11.9 Å². The van der Waals surface area contributed by atoms with Crippen molar-refractivity contribution in [2.24, 2.45) is 7.05 Å². The van der Waals surface area contributed by atoms with Crippen molar-refractivity contribution in [1.29, 1.82) is 0 Å². The van der Waals surface area contributed by atoms with Gasteiger partial charge in [0.1, 0.15) is 5.69 Å². The van der Waals surface area contributed by atoms with Crippen molar-refractivity contribution in [3.05, 3.63) is 23.5 Å². The average Bonchev–Trinajstić information content (AvgIpc) is 2.78. The highest BCUT2D eigenvalue weighted by atomic mass is 16.4. The van der Waals surface area contributed by atoms with Gasteiger partial charge >= 0.3 is 5.97 Å². The Morgan fingerprint density at radius 3 is 2.38 bits per heavy atom. The highest BCUT2D eigenvalue weighted by molar-refractivity contribution is 5.93. The minimum atomic E-state index is -0.834. The summed E-state index contributed by atoms with van der Waals surface area (Å²) < 4.78 is 1.86. The lowest BCUT2D eigenvalue weighted by molar-refractivity contribution is -0.140. The van der Waals surface area contributed by atoms with Gasteiger partial charge in [-0.2, -0.15) is 0 Å². The molecule has 0 aliphatic heterocycles. The quantitative estimate of drug-likeness (QED) is 0.927. The van der Waals surface area contributed by atoms with Gasteiger partial charge in [-0.3, -0.25) is 9.59 Å². The van der Waals surface area contributed by atoms with E-state index in [1.54, 1.807) is 11.9 Å². The van der Waals surface area contributed by atoms with E-state index in [2.05, 4.69) is 0 Å². The minimum Gasteiger partial charge on any atom is -0.481 e. The lowest BCUT2D eigenvalue weighted by Gasteiger charge is -2.43. The monoisotopic (exact) mass is 292 g/mol. The van der Waals surface area contributed by atoms with Crippen LogP contribution in [0.5, 0.6) is 0 Å². The number of amides is 1. The van der Waals surface area contributed by atoms with Gasteiger partial charge in [0, 0.05) is 19.8 Å². The Kier molecular flexibility index (Phi) is 4.40. The number of carbonyl (C=O) groups excluding carboxylic acids is 1. The summed E-state index contributed by atoms with van der Waals surface area (Å²) in [5, 5.41) is 9.25. The summed E-state index contributed by atoms with van der Waals surface area (Å²) in [7, 11) is 3.61. The molecule has 0 saturated heterocycles. The molecule has 1 fully saturated rings. The van der Waals surface area contributed by atoms with Gasteiger partial charge < -0.3 is 14.6 Å². The molecule has 1 aromatic heterocycles. The van der Waals surface area contributed by atoms with Gasteiger partial charge in [-0.25, -0.2) is 0 Å². The second-order valence-corrected chi connectivity index (χ2v) is 6.14. The molecule has 1 N–H and O–H groups in total. The maximum absolute atomic E-state index is 12.8. The third-order valence-electron chi connectivity index (χ3n) is 4.87. The van der Waals surface area contributed by atoms with Crippen LogP contribution in [0.15, 0.2) is 12.1 Å². The Morgan fingerprint density at radius 1 is 1.29 bits per heavy atom. The van der Waals surface area contributed by atoms with Crippen molar-refractivity contribution in [2.75, 3.05) is 7.05 Å². The van der Waals surface area contributed by atoms with Crippen molar-refractivity contribution in [3.63, 3.8) is 0 Å². The largest absolute Gasteiger partial charge is 0.481 e. The molecule has 21 heavy (non-hydrogen) atoms. The summed E-state index contributed by atoms with van der Waals surface area (Å²) in [4.78, 5) is 25.7. The Labute approximate surface area is 125 Å². The molecule has 0 unspecified atom stereocenters. The van der Waals surface area contributed by atoms with E-state index in [1.165, 1.54) is 0 Å². The highest BCUT2D eigenvalue weighted by Crippen LogP contribution is 2.36. The smallest absolute Gasteiger partial charge is 0.305 e. The number of nitrogens with zero attached hydrogens (tertiary/aromatic N) is 2. The van der Waals surface area contributed by atoms with Gasteiger partial charge in [0.15, 0.2) is 0 Å². The molecule has 0 spiro atoms. The first-order valence-corrected chi connectivity index (χ1v) is 7.50. The number of hydrogen-bond donors (Lipinski definition) is 1. The maximum Gasteiger partial charge on any atom is 0.305 e. The molecule has 0 bridgehead atoms. The number of aromatic nitrogens is 1. The summed E-state index contributed by atoms with van der Waals surface area (Å²) in [5.41, 5.74) is 1.09. The van der Waals surface area contributed by atoms with Crippen molar-refractivity contribution < 1.29 is 14.7 Å². The van der Waals surface area contributed by atoms with Gasteiger partial charge in [0.05, 0.1) is 12.0 Å². The van der Waals surface area contributed by atoms with Crippen LogP contribution in [0.4, 0.5) is 0 Å². The van der Waals surface area contributed by atoms with Crippen molar-refractivity contribution in [2.45, 2.75) is 51.0 Å². The SMILES string of the molecule is Cc1ccc(C(=O)N(C)C2(CC(=O)O)CCCCC2)n1C. The molecule has 116 valence electrons. The first-order valence-electron chi connectivity index (χ1n) is 7.50. The van der Waals surface area contributed by atoms with Crippen LogP contribution in [0.1, 0.15) is 54.7 Å². The third kappa shape index (κ3) is 2.96. The molecule has 1 aliphatic carbocycles. The Balaban J connectivity index is 2.29. The summed E-state index contributed by atoms with van der Waals surface area (Å²) in [6.07, 6.45) is 4.65. The second kappa shape index (κ2) is 5.92. The van der Waals surface area contributed by atoms with E-state index in [-0.39, 0.29) is 12.3 Å². The lowest BCUT2D eigenvalue weighted by Crippen LogP contribution is -2.52. The first-order chi connectivity index (χ1) is 9.87. The summed E-state index contributed by atoms with van der Waals surface area (Å²) >= 11 is 0. The van der Waals surface area contributed by atoms with Crippen LogP contribution in [-0.2, 0) is 11.8 Å². The average molecular weight is 292 g/mol. The number of hydrogen-bond acceptors (Lipinski definition) is 2. The van der Waals surface area contributed by atoms with Gasteiger partial charge in [0.25, 0.3) is 5.91 Å². The molecule has 1 aromatic rings. The van der Waals surface area contributed by atoms with E-state index in [0.29, 0.717) is 5.69 Å². The number of rotatable bonds is 4. The van der Waals surface area contributed by atoms with Crippen LogP contribution in [0.2, 0.25) is 0 Å². The minimum absolute atomic E-state index is 0.0264. The van der Waals surface area contributed by atoms with Crippen LogP contribution in [0, 0.1) is 6.92 Å². The van der Waals surface area contributed by atoms with Gasteiger partial charge in [-0.15, -0.1) is 0 Å². The predicted octanol–water partition coefficient (Wildman–Crippen LogP) is 2.58. The Bertz CT molecular complexity index is 542. The fraction of sp³-hybridized carbons (Fsp3) is 0.625. The van der Waals surface area contributed by atoms with Crippen molar-refractivity contribution in [1.82, 2.24) is 9.47 Å². The molecule has 0 atom stereocenters. The fourth-order valence-corrected chi connectivity index (χ4v) is 3.34. The van der Waals surface area contributed by atoms with Crippen LogP contribution in [0.25, 0.3) is 0 Å². The molecule has 1 amide bonds. The molecule has 5 nitrogen and oxygen atoms in total. The number of carboxylic acids is 1. The molecular weight excluding hydrogens is 268 g/mol. The summed E-state index contributed by atoms with van der Waals surface area (Å²) in [6, 6.07) is 3.72. The van der Waals surface area contributed by atoms with Crippen molar-refractivity contribution in [3.8, 4) is 0 Å². The first kappa shape index (κ1) is 15.6. The predicted molar refractivity (Wildman–Crippen MR) is 80.3 cm³/mol. The standard InChI is InChI=1S/C16H24N2O3/c1-12-7-8-13(17(12)2)15(21)18(3)16(11-14(19)20)9-5-4-6-10-16/h7-8H,4-6,9-11H2,1-3H3,(H,19,20). The molecular formula is C16H24N2O3. The van der Waals surface area contributed by atoms with E-state index in [9.17, 15) is 14.7 Å². The summed E-state index contributed by atoms with van der Waals surface area (Å²) in [5.74, 6) is -0.923. The zero-order chi connectivity index (χ0) is 15.6. The molecule has 2 rings (SSSR count). The Morgan fingerprint density at radius 2 is 1.90 bits per heavy atom. The van der Waals surface area contributed by atoms with E-state index in [1.807, 2.05) is 30.7 Å². The van der Waals surface area contributed by atoms with Gasteiger partial charge in [0.2, 0.25) is 0 Å². The number of aryl methyl sites for hydroxylation is 1. The van der Waals surface area contributed by atoms with Crippen LogP contribution >= 0.6 is 0 Å². The molecule has 1 heterocycles. The lowest BCUT2D eigenvalue weighted by atomic mass is 9.78. The van der Waals surface area contributed by atoms with Crippen LogP contribution < -0.4 is 0 Å². The van der Waals surface area contributed by atoms with Gasteiger partial charge in [-0.05, 0) is 31.9 Å². The van der Waals surface area contributed by atoms with E-state index in [4.69, 9.17) is 0 Å². The molecule has 1 saturated carbocycles. The normalized spacial score (nSPS) is 17.5. The molecule has 0 radical (unpaired) electrons. The molecule has 1 aliphatic rings. The Hall–Kier alpha value is -1.78. The summed E-state index contributed by atoms with van der Waals surface area (Å²) in [6.45, 7) is 1.95. The number of aliphatic carboxylic acids is 1. The molecule has 5 heteroatoms. The van der Waals surface area contributed by atoms with E-state index < -0.39 is 11.5 Å². The highest BCUT2D eigenvalue weighted by Gasteiger charge is 2.41. The topological polar surface area (TPSA) is 62.5 Å². The number of carbonyl (C=O) groups is 2. The maximum atomic E-state index is 12.8. The second-order valence-electron chi connectivity index (χ2n) is 6.14. The number of carboxylic acid groups (broad SMARTS) is 1. The molecule has 0 aromatic carbocycles. The zero-order valence-corrected chi connectivity index (χ0v) is 13.1. The van der Waals surface area contributed by atoms with Gasteiger partial charge in [-0.1, -0.05) is 19.3 Å². The van der Waals surface area contributed by atoms with Crippen LogP contribution in [-0.4, -0.2) is 39.0 Å². The van der Waals surface area contributed by atoms with E-state index in [0.717, 1.165) is 37.8 Å².